The Morgan fingerprint density at radius 2 is 1.36 bits per heavy atom. The van der Waals surface area contributed by atoms with E-state index >= 15 is 0 Å². The van der Waals surface area contributed by atoms with Crippen molar-refractivity contribution in [1.29, 1.82) is 0 Å². The molecule has 1 aliphatic carbocycles. The first-order valence-electron chi connectivity index (χ1n) is 6.50. The van der Waals surface area contributed by atoms with Gasteiger partial charge in [-0.3, -0.25) is 25.0 Å². The first-order valence-corrected chi connectivity index (χ1v) is 6.50. The number of hydrogen-bond donors (Lipinski definition) is 4. The molecule has 4 amide bonds. The fourth-order valence-corrected chi connectivity index (χ4v) is 2.08. The molecular formula is C12H22N4O5Pt. The van der Waals surface area contributed by atoms with Crippen LogP contribution in [0.5, 0.6) is 0 Å². The summed E-state index contributed by atoms with van der Waals surface area (Å²) in [6.07, 6.45) is 4.80. The van der Waals surface area contributed by atoms with E-state index < -0.39 is 29.5 Å². The van der Waals surface area contributed by atoms with Gasteiger partial charge in [-0.15, -0.1) is 0 Å². The number of nitrogens with two attached hydrogens (primary N) is 2. The van der Waals surface area contributed by atoms with Crippen molar-refractivity contribution < 1.29 is 45.7 Å². The molecule has 1 saturated heterocycles. The maximum absolute atomic E-state index is 10.8. The molecule has 0 aromatic rings. The first kappa shape index (κ1) is 23.1. The Balaban J connectivity index is 0. The molecule has 0 radical (unpaired) electrons. The summed E-state index contributed by atoms with van der Waals surface area (Å²) in [7, 11) is 0. The van der Waals surface area contributed by atoms with Crippen molar-refractivity contribution >= 4 is 23.6 Å². The van der Waals surface area contributed by atoms with Crippen LogP contribution in [0.15, 0.2) is 0 Å². The van der Waals surface area contributed by atoms with Crippen LogP contribution in [0.25, 0.3) is 0 Å². The molecule has 0 unspecified atom stereocenters. The minimum atomic E-state index is -1.39. The summed E-state index contributed by atoms with van der Waals surface area (Å²) >= 11 is 0. The summed E-state index contributed by atoms with van der Waals surface area (Å²) in [5, 5.41) is 3.62. The molecule has 8 N–H and O–H groups in total. The molecule has 2 aliphatic rings. The average Bonchev–Trinajstić information content (AvgIpc) is 2.32. The van der Waals surface area contributed by atoms with Gasteiger partial charge < -0.3 is 16.9 Å². The molecule has 2 rings (SSSR count). The first-order chi connectivity index (χ1) is 9.32. The van der Waals surface area contributed by atoms with E-state index in [1.807, 2.05) is 10.6 Å². The van der Waals surface area contributed by atoms with Gasteiger partial charge in [-0.1, -0.05) is 12.8 Å². The van der Waals surface area contributed by atoms with Crippen molar-refractivity contribution in [3.05, 3.63) is 0 Å². The van der Waals surface area contributed by atoms with E-state index in [2.05, 4.69) is 0 Å². The Hall–Kier alpha value is -1.15. The smallest absolute Gasteiger partial charge is 0.328 e. The predicted octanol–water partition coefficient (Wildman–Crippen LogP) is -2.05. The van der Waals surface area contributed by atoms with Crippen LogP contribution in [-0.2, 0) is 35.4 Å². The fraction of sp³-hybridized carbons (Fsp3) is 0.667. The van der Waals surface area contributed by atoms with Crippen LogP contribution in [-0.4, -0.2) is 41.2 Å². The van der Waals surface area contributed by atoms with Crippen molar-refractivity contribution in [2.24, 2.45) is 17.4 Å². The summed E-state index contributed by atoms with van der Waals surface area (Å²) in [6, 6.07) is -0.324. The van der Waals surface area contributed by atoms with Gasteiger partial charge in [-0.25, -0.2) is 4.79 Å². The second-order valence-electron chi connectivity index (χ2n) is 4.96. The molecule has 1 aliphatic heterocycles. The number of rotatable bonds is 1. The summed E-state index contributed by atoms with van der Waals surface area (Å²) in [5.74, 6) is -3.70. The van der Waals surface area contributed by atoms with Crippen LogP contribution < -0.4 is 22.1 Å². The van der Waals surface area contributed by atoms with Crippen LogP contribution >= 0.6 is 0 Å². The Kier molecular flexibility index (Phi) is 11.1. The number of ketones is 1. The number of barbiturate groups is 1. The minimum absolute atomic E-state index is 0. The molecule has 9 nitrogen and oxygen atoms in total. The second kappa shape index (κ2) is 10.6. The van der Waals surface area contributed by atoms with Gasteiger partial charge in [-0.05, 0) is 19.8 Å². The van der Waals surface area contributed by atoms with Crippen LogP contribution in [0.4, 0.5) is 4.79 Å². The molecular weight excluding hydrogens is 475 g/mol. The fourth-order valence-electron chi connectivity index (χ4n) is 2.08. The van der Waals surface area contributed by atoms with Crippen molar-refractivity contribution in [3.63, 3.8) is 0 Å². The van der Waals surface area contributed by atoms with E-state index in [4.69, 9.17) is 11.5 Å². The molecule has 10 heteroatoms. The minimum Gasteiger partial charge on any atom is -0.412 e. The number of hydrogen-bond acceptors (Lipinski definition) is 6. The van der Waals surface area contributed by atoms with E-state index in [1.165, 1.54) is 12.8 Å². The second-order valence-corrected chi connectivity index (χ2v) is 4.96. The van der Waals surface area contributed by atoms with E-state index in [-0.39, 0.29) is 38.6 Å². The molecule has 22 heavy (non-hydrogen) atoms. The summed E-state index contributed by atoms with van der Waals surface area (Å²) in [5.41, 5.74) is 11.3. The maximum Gasteiger partial charge on any atom is 0.328 e. The molecule has 130 valence electrons. The number of carbonyl (C=O) groups is 4. The third-order valence-corrected chi connectivity index (χ3v) is 3.28. The van der Waals surface area contributed by atoms with Gasteiger partial charge in [0.15, 0.2) is 11.7 Å². The van der Waals surface area contributed by atoms with Gasteiger partial charge in [0, 0.05) is 33.1 Å². The number of urea groups is 1. The van der Waals surface area contributed by atoms with Crippen LogP contribution in [0, 0.1) is 5.92 Å². The zero-order valence-corrected chi connectivity index (χ0v) is 14.4. The van der Waals surface area contributed by atoms with Gasteiger partial charge >= 0.3 is 6.03 Å². The molecule has 1 heterocycles. The van der Waals surface area contributed by atoms with Crippen molar-refractivity contribution in [1.82, 2.24) is 10.6 Å². The number of Topliss-reactive ketones (excluding diaryl/α,β-unsaturated/α-hetero) is 1. The largest absolute Gasteiger partial charge is 0.412 e. The standard InChI is InChI=1S/C6H6N2O4.C6H14N2.H2O.Pt/c1-2(9)3-4(10)7-6(12)8-5(3)11;7-5-3-1-2-4-6(5)8;;/h3H,1H3,(H2,7,8,10,11,12);5-6H,1-4,7-8H2;1H2;/t;5-,6-;;/m.1../s1. The Bertz CT molecular complexity index is 402. The maximum atomic E-state index is 10.8. The quantitative estimate of drug-likeness (QED) is 0.303. The van der Waals surface area contributed by atoms with Gasteiger partial charge in [0.25, 0.3) is 0 Å². The van der Waals surface area contributed by atoms with E-state index in [9.17, 15) is 19.2 Å². The Morgan fingerprint density at radius 1 is 1.00 bits per heavy atom. The number of imide groups is 2. The Morgan fingerprint density at radius 3 is 1.64 bits per heavy atom. The number of amides is 4. The van der Waals surface area contributed by atoms with Crippen molar-refractivity contribution in [2.45, 2.75) is 44.7 Å². The van der Waals surface area contributed by atoms with Gasteiger partial charge in [0.2, 0.25) is 11.8 Å². The molecule has 0 aromatic carbocycles. The van der Waals surface area contributed by atoms with Crippen molar-refractivity contribution in [3.8, 4) is 0 Å². The predicted molar refractivity (Wildman–Crippen MR) is 73.9 cm³/mol. The van der Waals surface area contributed by atoms with Crippen LogP contribution in [0.1, 0.15) is 32.6 Å². The van der Waals surface area contributed by atoms with Crippen LogP contribution in [0.3, 0.4) is 0 Å². The van der Waals surface area contributed by atoms with E-state index in [0.29, 0.717) is 0 Å². The third kappa shape index (κ3) is 6.74. The zero-order chi connectivity index (χ0) is 15.3. The molecule has 0 bridgehead atoms. The monoisotopic (exact) mass is 497 g/mol. The van der Waals surface area contributed by atoms with Gasteiger partial charge in [0.05, 0.1) is 0 Å². The molecule has 2 atom stereocenters. The van der Waals surface area contributed by atoms with Gasteiger partial charge in [-0.2, -0.15) is 0 Å². The molecule has 2 fully saturated rings. The summed E-state index contributed by atoms with van der Waals surface area (Å²) in [6.45, 7) is 1.11. The SMILES string of the molecule is CC(=O)C1C(=O)NC(=O)NC1=O.N[C@@H]1CCCC[C@H]1N.O.[Pt]. The molecule has 1 saturated carbocycles. The Labute approximate surface area is 142 Å². The zero-order valence-electron chi connectivity index (χ0n) is 12.2. The number of carbonyl (C=O) groups excluding carboxylic acids is 4. The van der Waals surface area contributed by atoms with Crippen molar-refractivity contribution in [2.75, 3.05) is 0 Å². The normalized spacial score (nSPS) is 24.6. The molecule has 0 spiro atoms. The molecule has 0 aromatic heterocycles. The average molecular weight is 497 g/mol. The van der Waals surface area contributed by atoms with Gasteiger partial charge in [0.1, 0.15) is 0 Å². The topological polar surface area (TPSA) is 176 Å². The third-order valence-electron chi connectivity index (χ3n) is 3.28. The summed E-state index contributed by atoms with van der Waals surface area (Å²) in [4.78, 5) is 42.9. The van der Waals surface area contributed by atoms with E-state index in [1.54, 1.807) is 0 Å². The van der Waals surface area contributed by atoms with Crippen LogP contribution in [0.2, 0.25) is 0 Å². The van der Waals surface area contributed by atoms with E-state index in [0.717, 1.165) is 19.8 Å². The summed E-state index contributed by atoms with van der Waals surface area (Å²) < 4.78 is 0. The number of nitrogens with one attached hydrogen (secondary N) is 2.